The molecule has 2 rings (SSSR count). The molecule has 0 unspecified atom stereocenters. The highest BCUT2D eigenvalue weighted by Crippen LogP contribution is 2.34. The third-order valence-corrected chi connectivity index (χ3v) is 3.56. The van der Waals surface area contributed by atoms with Gasteiger partial charge in [0.1, 0.15) is 5.82 Å². The molecular weight excluding hydrogens is 286 g/mol. The summed E-state index contributed by atoms with van der Waals surface area (Å²) in [7, 11) is 0. The van der Waals surface area contributed by atoms with Crippen LogP contribution in [0, 0.1) is 17.1 Å². The van der Waals surface area contributed by atoms with Gasteiger partial charge in [-0.25, -0.2) is 4.39 Å². The van der Waals surface area contributed by atoms with Gasteiger partial charge in [0.15, 0.2) is 0 Å². The fraction of sp³-hybridized carbons (Fsp3) is 0.500. The molecule has 1 N–H and O–H groups in total. The smallest absolute Gasteiger partial charge is 0.314 e. The Kier molecular flexibility index (Phi) is 4.80. The van der Waals surface area contributed by atoms with Gasteiger partial charge in [-0.05, 0) is 17.7 Å². The molecule has 0 amide bonds. The lowest BCUT2D eigenvalue weighted by Gasteiger charge is -2.34. The minimum absolute atomic E-state index is 0.0724. The molecule has 1 fully saturated rings. The fourth-order valence-corrected chi connectivity index (χ4v) is 2.51. The number of rotatable bonds is 3. The Labute approximate surface area is 120 Å². The molecule has 1 heterocycles. The maximum absolute atomic E-state index is 13.3. The first-order chi connectivity index (χ1) is 9.93. The summed E-state index contributed by atoms with van der Waals surface area (Å²) in [6.45, 7) is 2.72. The highest BCUT2D eigenvalue weighted by atomic mass is 19.4. The van der Waals surface area contributed by atoms with Crippen molar-refractivity contribution in [1.82, 2.24) is 10.2 Å². The summed E-state index contributed by atoms with van der Waals surface area (Å²) in [5.74, 6) is -1.29. The predicted octanol–water partition coefficient (Wildman–Crippen LogP) is 2.70. The molecule has 1 aromatic carbocycles. The quantitative estimate of drug-likeness (QED) is 0.873. The van der Waals surface area contributed by atoms with Crippen molar-refractivity contribution in [2.45, 2.75) is 18.6 Å². The molecule has 0 bridgehead atoms. The van der Waals surface area contributed by atoms with Gasteiger partial charge in [0, 0.05) is 32.2 Å². The molecule has 21 heavy (non-hydrogen) atoms. The Balaban J connectivity index is 2.34. The Morgan fingerprint density at radius 1 is 1.29 bits per heavy atom. The van der Waals surface area contributed by atoms with Crippen LogP contribution >= 0.6 is 0 Å². The van der Waals surface area contributed by atoms with Crippen LogP contribution in [0.25, 0.3) is 0 Å². The first kappa shape index (κ1) is 15.7. The minimum atomic E-state index is -4.74. The van der Waals surface area contributed by atoms with Crippen molar-refractivity contribution < 1.29 is 17.6 Å². The first-order valence-electron chi connectivity index (χ1n) is 6.62. The van der Waals surface area contributed by atoms with Crippen LogP contribution < -0.4 is 5.32 Å². The molecule has 1 aliphatic rings. The number of hydrogen-bond donors (Lipinski definition) is 1. The van der Waals surface area contributed by atoms with Crippen LogP contribution in [0.1, 0.15) is 23.6 Å². The maximum Gasteiger partial charge on any atom is 0.419 e. The van der Waals surface area contributed by atoms with E-state index in [0.717, 1.165) is 25.2 Å². The van der Waals surface area contributed by atoms with Crippen LogP contribution in [0.2, 0.25) is 0 Å². The van der Waals surface area contributed by atoms with Crippen LogP contribution in [0.5, 0.6) is 0 Å². The number of nitrogens with one attached hydrogen (secondary N) is 1. The van der Waals surface area contributed by atoms with E-state index in [-0.39, 0.29) is 6.42 Å². The van der Waals surface area contributed by atoms with Crippen molar-refractivity contribution in [2.24, 2.45) is 0 Å². The summed E-state index contributed by atoms with van der Waals surface area (Å²) < 4.78 is 51.7. The highest BCUT2D eigenvalue weighted by molar-refractivity contribution is 5.30. The lowest BCUT2D eigenvalue weighted by molar-refractivity contribution is -0.140. The summed E-state index contributed by atoms with van der Waals surface area (Å²) >= 11 is 0. The van der Waals surface area contributed by atoms with E-state index in [4.69, 9.17) is 5.26 Å². The molecular formula is C14H15F4N3. The summed E-state index contributed by atoms with van der Waals surface area (Å²) in [6.07, 6.45) is -4.66. The topological polar surface area (TPSA) is 39.1 Å². The predicted molar refractivity (Wildman–Crippen MR) is 68.8 cm³/mol. The molecule has 1 aliphatic heterocycles. The van der Waals surface area contributed by atoms with Crippen molar-refractivity contribution >= 4 is 0 Å². The second kappa shape index (κ2) is 6.41. The summed E-state index contributed by atoms with van der Waals surface area (Å²) in [5, 5.41) is 12.1. The third-order valence-electron chi connectivity index (χ3n) is 3.56. The average Bonchev–Trinajstić information content (AvgIpc) is 2.45. The van der Waals surface area contributed by atoms with E-state index in [9.17, 15) is 17.6 Å². The molecule has 0 spiro atoms. The van der Waals surface area contributed by atoms with Gasteiger partial charge in [0.05, 0.1) is 18.1 Å². The number of benzene rings is 1. The van der Waals surface area contributed by atoms with E-state index in [1.54, 1.807) is 0 Å². The lowest BCUT2D eigenvalue weighted by atomic mass is 9.99. The van der Waals surface area contributed by atoms with E-state index in [1.807, 2.05) is 11.0 Å². The lowest BCUT2D eigenvalue weighted by Crippen LogP contribution is -2.45. The van der Waals surface area contributed by atoms with Gasteiger partial charge in [0.25, 0.3) is 0 Å². The Morgan fingerprint density at radius 3 is 2.52 bits per heavy atom. The van der Waals surface area contributed by atoms with Crippen molar-refractivity contribution in [3.63, 3.8) is 0 Å². The van der Waals surface area contributed by atoms with Gasteiger partial charge in [-0.1, -0.05) is 6.07 Å². The third kappa shape index (κ3) is 3.71. The minimum Gasteiger partial charge on any atom is -0.314 e. The molecule has 1 atom stereocenters. The average molecular weight is 301 g/mol. The standard InChI is InChI=1S/C14H15F4N3/c15-12-2-1-10(9-11(12)14(16,17)18)13(3-4-19)21-7-5-20-6-8-21/h1-2,9,13,20H,3,5-8H2/t13-/m1/s1. The van der Waals surface area contributed by atoms with Gasteiger partial charge in [0.2, 0.25) is 0 Å². The van der Waals surface area contributed by atoms with E-state index in [1.165, 1.54) is 6.07 Å². The molecule has 0 aliphatic carbocycles. The van der Waals surface area contributed by atoms with Crippen LogP contribution in [0.3, 0.4) is 0 Å². The second-order valence-corrected chi connectivity index (χ2v) is 4.90. The van der Waals surface area contributed by atoms with E-state index in [0.29, 0.717) is 18.7 Å². The van der Waals surface area contributed by atoms with E-state index in [2.05, 4.69) is 5.32 Å². The molecule has 1 saturated heterocycles. The first-order valence-corrected chi connectivity index (χ1v) is 6.62. The van der Waals surface area contributed by atoms with Gasteiger partial charge >= 0.3 is 6.18 Å². The van der Waals surface area contributed by atoms with Gasteiger partial charge in [-0.3, -0.25) is 4.90 Å². The van der Waals surface area contributed by atoms with Crippen molar-refractivity contribution in [3.8, 4) is 6.07 Å². The second-order valence-electron chi connectivity index (χ2n) is 4.90. The Morgan fingerprint density at radius 2 is 1.95 bits per heavy atom. The Bertz CT molecular complexity index is 530. The zero-order valence-electron chi connectivity index (χ0n) is 11.3. The largest absolute Gasteiger partial charge is 0.419 e. The van der Waals surface area contributed by atoms with Crippen molar-refractivity contribution in [3.05, 3.63) is 35.1 Å². The van der Waals surface area contributed by atoms with Gasteiger partial charge in [-0.2, -0.15) is 18.4 Å². The van der Waals surface area contributed by atoms with Crippen LogP contribution in [-0.4, -0.2) is 31.1 Å². The Hall–Kier alpha value is -1.65. The molecule has 1 aromatic rings. The van der Waals surface area contributed by atoms with E-state index >= 15 is 0 Å². The zero-order valence-corrected chi connectivity index (χ0v) is 11.3. The summed E-state index contributed by atoms with van der Waals surface area (Å²) in [5.41, 5.74) is -0.953. The van der Waals surface area contributed by atoms with Crippen molar-refractivity contribution in [2.75, 3.05) is 26.2 Å². The molecule has 7 heteroatoms. The number of piperazine rings is 1. The molecule has 0 aromatic heterocycles. The zero-order chi connectivity index (χ0) is 15.5. The van der Waals surface area contributed by atoms with Crippen LogP contribution in [0.15, 0.2) is 18.2 Å². The van der Waals surface area contributed by atoms with Crippen LogP contribution in [-0.2, 0) is 6.18 Å². The SMILES string of the molecule is N#CC[C@H](c1ccc(F)c(C(F)(F)F)c1)N1CCNCC1. The molecule has 0 saturated carbocycles. The highest BCUT2D eigenvalue weighted by Gasteiger charge is 2.35. The normalized spacial score (nSPS) is 18.2. The fourth-order valence-electron chi connectivity index (χ4n) is 2.51. The maximum atomic E-state index is 13.3. The van der Waals surface area contributed by atoms with Crippen LogP contribution in [0.4, 0.5) is 17.6 Å². The summed E-state index contributed by atoms with van der Waals surface area (Å²) in [4.78, 5) is 1.95. The molecule has 114 valence electrons. The van der Waals surface area contributed by atoms with E-state index < -0.39 is 23.6 Å². The molecule has 3 nitrogen and oxygen atoms in total. The number of halogens is 4. The van der Waals surface area contributed by atoms with Gasteiger partial charge in [-0.15, -0.1) is 0 Å². The summed E-state index contributed by atoms with van der Waals surface area (Å²) in [6, 6.07) is 4.52. The van der Waals surface area contributed by atoms with Gasteiger partial charge < -0.3 is 5.32 Å². The number of nitriles is 1. The molecule has 0 radical (unpaired) electrons. The monoisotopic (exact) mass is 301 g/mol. The number of hydrogen-bond acceptors (Lipinski definition) is 3. The number of alkyl halides is 3. The van der Waals surface area contributed by atoms with Crippen molar-refractivity contribution in [1.29, 1.82) is 5.26 Å². The number of nitrogens with zero attached hydrogens (tertiary/aromatic N) is 2.